The predicted octanol–water partition coefficient (Wildman–Crippen LogP) is 3.31. The summed E-state index contributed by atoms with van der Waals surface area (Å²) in [5.74, 6) is 3.43. The number of ether oxygens (including phenoxy) is 4. The van der Waals surface area contributed by atoms with Gasteiger partial charge in [0.15, 0.2) is 17.3 Å². The van der Waals surface area contributed by atoms with Crippen LogP contribution in [0.3, 0.4) is 0 Å². The molecule has 1 aliphatic heterocycles. The molecule has 0 amide bonds. The van der Waals surface area contributed by atoms with Crippen molar-refractivity contribution in [3.05, 3.63) is 47.8 Å². The van der Waals surface area contributed by atoms with E-state index in [2.05, 4.69) is 39.4 Å². The number of aromatic nitrogens is 3. The van der Waals surface area contributed by atoms with Gasteiger partial charge in [0.1, 0.15) is 12.4 Å². The maximum Gasteiger partial charge on any atom is 0.212 e. The molecule has 1 aromatic heterocycles. The van der Waals surface area contributed by atoms with Gasteiger partial charge in [-0.3, -0.25) is 0 Å². The van der Waals surface area contributed by atoms with E-state index >= 15 is 0 Å². The average molecular weight is 456 g/mol. The lowest BCUT2D eigenvalue weighted by Crippen LogP contribution is -2.16. The van der Waals surface area contributed by atoms with E-state index in [-0.39, 0.29) is 6.61 Å². The number of hydrogen-bond donors (Lipinski definition) is 0. The molecule has 1 aliphatic rings. The summed E-state index contributed by atoms with van der Waals surface area (Å²) in [6.45, 7) is 0.183. The summed E-state index contributed by atoms with van der Waals surface area (Å²) in [5.41, 5.74) is 3.17. The monoisotopic (exact) mass is 455 g/mol. The SMILES string of the molecule is COc1cc(OCc2nnc3n2N=C(c2ccc(N(C)C)cc2)CS3)cc(OC)c1OC. The molecule has 32 heavy (non-hydrogen) atoms. The van der Waals surface area contributed by atoms with Gasteiger partial charge in [-0.15, -0.1) is 10.2 Å². The van der Waals surface area contributed by atoms with Crippen LogP contribution in [-0.2, 0) is 6.61 Å². The highest BCUT2D eigenvalue weighted by Gasteiger charge is 2.21. The van der Waals surface area contributed by atoms with Crippen molar-refractivity contribution in [3.8, 4) is 23.0 Å². The van der Waals surface area contributed by atoms with E-state index in [1.165, 1.54) is 0 Å². The van der Waals surface area contributed by atoms with Crippen molar-refractivity contribution in [2.24, 2.45) is 5.10 Å². The van der Waals surface area contributed by atoms with Crippen LogP contribution >= 0.6 is 11.8 Å². The van der Waals surface area contributed by atoms with Crippen molar-refractivity contribution < 1.29 is 18.9 Å². The maximum absolute atomic E-state index is 5.96. The van der Waals surface area contributed by atoms with Crippen molar-refractivity contribution in [3.63, 3.8) is 0 Å². The quantitative estimate of drug-likeness (QED) is 0.512. The minimum atomic E-state index is 0.183. The van der Waals surface area contributed by atoms with Crippen LogP contribution in [0.25, 0.3) is 0 Å². The molecule has 0 bridgehead atoms. The summed E-state index contributed by atoms with van der Waals surface area (Å²) >= 11 is 1.60. The van der Waals surface area contributed by atoms with Crippen LogP contribution in [0.1, 0.15) is 11.4 Å². The van der Waals surface area contributed by atoms with Crippen LogP contribution in [0.5, 0.6) is 23.0 Å². The zero-order valence-electron chi connectivity index (χ0n) is 18.7. The predicted molar refractivity (Wildman–Crippen MR) is 124 cm³/mol. The fraction of sp³-hybridized carbons (Fsp3) is 0.318. The molecule has 2 aromatic carbocycles. The fourth-order valence-electron chi connectivity index (χ4n) is 3.24. The number of anilines is 1. The number of fused-ring (bicyclic) bond motifs is 1. The summed E-state index contributed by atoms with van der Waals surface area (Å²) in [4.78, 5) is 2.07. The number of hydrogen-bond acceptors (Lipinski definition) is 9. The number of rotatable bonds is 8. The van der Waals surface area contributed by atoms with Gasteiger partial charge in [-0.2, -0.15) is 9.78 Å². The van der Waals surface area contributed by atoms with Gasteiger partial charge in [-0.25, -0.2) is 0 Å². The molecule has 9 nitrogen and oxygen atoms in total. The third kappa shape index (κ3) is 4.31. The molecule has 0 radical (unpaired) electrons. The Hall–Kier alpha value is -3.40. The van der Waals surface area contributed by atoms with Gasteiger partial charge >= 0.3 is 0 Å². The molecule has 10 heteroatoms. The van der Waals surface area contributed by atoms with E-state index in [1.807, 2.05) is 14.1 Å². The molecular weight excluding hydrogens is 430 g/mol. The standard InChI is InChI=1S/C22H25N5O4S/c1-26(2)15-8-6-14(7-9-15)17-13-32-22-24-23-20(27(22)25-17)12-31-16-10-18(28-3)21(30-5)19(11-16)29-4/h6-11H,12-13H2,1-5H3. The molecule has 0 N–H and O–H groups in total. The largest absolute Gasteiger partial charge is 0.493 e. The van der Waals surface area contributed by atoms with Crippen LogP contribution in [0.4, 0.5) is 5.69 Å². The lowest BCUT2D eigenvalue weighted by atomic mass is 10.1. The van der Waals surface area contributed by atoms with E-state index in [0.29, 0.717) is 28.8 Å². The minimum absolute atomic E-state index is 0.183. The van der Waals surface area contributed by atoms with Gasteiger partial charge < -0.3 is 23.8 Å². The lowest BCUT2D eigenvalue weighted by Gasteiger charge is -2.16. The number of nitrogens with zero attached hydrogens (tertiary/aromatic N) is 5. The lowest BCUT2D eigenvalue weighted by molar-refractivity contribution is 0.279. The molecule has 3 aromatic rings. The summed E-state index contributed by atoms with van der Waals surface area (Å²) in [6, 6.07) is 11.8. The first-order valence-corrected chi connectivity index (χ1v) is 10.9. The normalized spacial score (nSPS) is 12.6. The van der Waals surface area contributed by atoms with Gasteiger partial charge in [-0.05, 0) is 17.7 Å². The summed E-state index contributed by atoms with van der Waals surface area (Å²) < 4.78 is 23.8. The Morgan fingerprint density at radius 2 is 1.66 bits per heavy atom. The van der Waals surface area contributed by atoms with Gasteiger partial charge in [0.2, 0.25) is 10.9 Å². The second-order valence-corrected chi connectivity index (χ2v) is 8.08. The molecule has 0 saturated carbocycles. The number of benzene rings is 2. The van der Waals surface area contributed by atoms with Crippen molar-refractivity contribution in [1.29, 1.82) is 0 Å². The van der Waals surface area contributed by atoms with E-state index in [0.717, 1.165) is 27.9 Å². The Morgan fingerprint density at radius 1 is 0.969 bits per heavy atom. The number of thioether (sulfide) groups is 1. The third-order valence-electron chi connectivity index (χ3n) is 4.96. The summed E-state index contributed by atoms with van der Waals surface area (Å²) in [5, 5.41) is 14.0. The highest BCUT2D eigenvalue weighted by Crippen LogP contribution is 2.41. The Morgan fingerprint density at radius 3 is 2.25 bits per heavy atom. The van der Waals surface area contributed by atoms with E-state index < -0.39 is 0 Å². The van der Waals surface area contributed by atoms with Crippen molar-refractivity contribution >= 4 is 23.2 Å². The Bertz CT molecular complexity index is 1100. The summed E-state index contributed by atoms with van der Waals surface area (Å²) in [6.07, 6.45) is 0. The molecule has 0 aliphatic carbocycles. The molecule has 0 saturated heterocycles. The fourth-order valence-corrected chi connectivity index (χ4v) is 4.10. The Balaban J connectivity index is 1.56. The van der Waals surface area contributed by atoms with Gasteiger partial charge in [-0.1, -0.05) is 23.9 Å². The van der Waals surface area contributed by atoms with Crippen molar-refractivity contribution in [2.75, 3.05) is 46.1 Å². The highest BCUT2D eigenvalue weighted by molar-refractivity contribution is 7.99. The van der Waals surface area contributed by atoms with Crippen molar-refractivity contribution in [1.82, 2.24) is 14.9 Å². The second kappa shape index (κ2) is 9.39. The second-order valence-electron chi connectivity index (χ2n) is 7.14. The summed E-state index contributed by atoms with van der Waals surface area (Å²) in [7, 11) is 8.73. The molecule has 0 fully saturated rings. The molecular formula is C22H25N5O4S. The topological polar surface area (TPSA) is 83.2 Å². The minimum Gasteiger partial charge on any atom is -0.493 e. The zero-order chi connectivity index (χ0) is 22.7. The first-order chi connectivity index (χ1) is 15.5. The molecule has 4 rings (SSSR count). The van der Waals surface area contributed by atoms with Gasteiger partial charge in [0.25, 0.3) is 0 Å². The molecule has 168 valence electrons. The highest BCUT2D eigenvalue weighted by atomic mass is 32.2. The van der Waals surface area contributed by atoms with Crippen molar-refractivity contribution in [2.45, 2.75) is 11.8 Å². The first kappa shape index (κ1) is 21.8. The van der Waals surface area contributed by atoms with Crippen LogP contribution in [0.2, 0.25) is 0 Å². The Labute approximate surface area is 190 Å². The smallest absolute Gasteiger partial charge is 0.212 e. The third-order valence-corrected chi connectivity index (χ3v) is 5.89. The van der Waals surface area contributed by atoms with Crippen LogP contribution in [0, 0.1) is 0 Å². The molecule has 0 unspecified atom stereocenters. The Kier molecular flexibility index (Phi) is 6.40. The van der Waals surface area contributed by atoms with Crippen LogP contribution in [0.15, 0.2) is 46.7 Å². The van der Waals surface area contributed by atoms with E-state index in [1.54, 1.807) is 49.9 Å². The zero-order valence-corrected chi connectivity index (χ0v) is 19.5. The van der Waals surface area contributed by atoms with Gasteiger partial charge in [0, 0.05) is 37.7 Å². The maximum atomic E-state index is 5.96. The molecule has 0 atom stereocenters. The molecule has 2 heterocycles. The molecule has 0 spiro atoms. The van der Waals surface area contributed by atoms with Crippen LogP contribution in [-0.4, -0.2) is 61.8 Å². The van der Waals surface area contributed by atoms with E-state index in [9.17, 15) is 0 Å². The average Bonchev–Trinajstić information content (AvgIpc) is 3.24. The van der Waals surface area contributed by atoms with E-state index in [4.69, 9.17) is 24.0 Å². The number of methoxy groups -OCH3 is 3. The van der Waals surface area contributed by atoms with Gasteiger partial charge in [0.05, 0.1) is 27.0 Å². The van der Waals surface area contributed by atoms with Crippen LogP contribution < -0.4 is 23.8 Å². The first-order valence-electron chi connectivity index (χ1n) is 9.89.